The molecule has 1 heterocycles. The van der Waals surface area contributed by atoms with Crippen LogP contribution < -0.4 is 5.32 Å². The Morgan fingerprint density at radius 3 is 2.90 bits per heavy atom. The van der Waals surface area contributed by atoms with Crippen molar-refractivity contribution in [1.82, 2.24) is 4.90 Å². The molecule has 2 rings (SSSR count). The standard InChI is InChI=1S/C16H21ClN2O2/c1-2-14-8-3-4-9-19(14)16(21)11-15(20)18-13-7-5-6-12(17)10-13/h5-7,10,14H,2-4,8-9,11H2,1H3,(H,18,20). The first kappa shape index (κ1) is 15.8. The van der Waals surface area contributed by atoms with Gasteiger partial charge in [0.25, 0.3) is 0 Å². The van der Waals surface area contributed by atoms with Crippen LogP contribution in [0.25, 0.3) is 0 Å². The Morgan fingerprint density at radius 2 is 2.19 bits per heavy atom. The number of carbonyl (C=O) groups excluding carboxylic acids is 2. The van der Waals surface area contributed by atoms with Gasteiger partial charge in [-0.05, 0) is 43.9 Å². The monoisotopic (exact) mass is 308 g/mol. The summed E-state index contributed by atoms with van der Waals surface area (Å²) >= 11 is 5.87. The lowest BCUT2D eigenvalue weighted by Gasteiger charge is -2.35. The van der Waals surface area contributed by atoms with Crippen molar-refractivity contribution >= 4 is 29.1 Å². The average molecular weight is 309 g/mol. The molecule has 1 aliphatic rings. The van der Waals surface area contributed by atoms with E-state index in [1.165, 1.54) is 0 Å². The lowest BCUT2D eigenvalue weighted by molar-refractivity contribution is -0.137. The average Bonchev–Trinajstić information content (AvgIpc) is 2.47. The van der Waals surface area contributed by atoms with Gasteiger partial charge in [-0.15, -0.1) is 0 Å². The van der Waals surface area contributed by atoms with Crippen LogP contribution in [0.3, 0.4) is 0 Å². The zero-order chi connectivity index (χ0) is 15.2. The first-order valence-electron chi connectivity index (χ1n) is 7.45. The number of halogens is 1. The second-order valence-corrected chi connectivity index (χ2v) is 5.82. The predicted molar refractivity (Wildman–Crippen MR) is 84.3 cm³/mol. The van der Waals surface area contributed by atoms with Gasteiger partial charge in [0.2, 0.25) is 11.8 Å². The fourth-order valence-electron chi connectivity index (χ4n) is 2.76. The first-order valence-corrected chi connectivity index (χ1v) is 7.83. The van der Waals surface area contributed by atoms with Gasteiger partial charge < -0.3 is 10.2 Å². The van der Waals surface area contributed by atoms with Gasteiger partial charge in [0.15, 0.2) is 0 Å². The Bertz CT molecular complexity index is 519. The van der Waals surface area contributed by atoms with Crippen LogP contribution in [0.4, 0.5) is 5.69 Å². The van der Waals surface area contributed by atoms with Crippen LogP contribution in [0.1, 0.15) is 39.0 Å². The van der Waals surface area contributed by atoms with Gasteiger partial charge in [-0.3, -0.25) is 9.59 Å². The Labute approximate surface area is 130 Å². The Morgan fingerprint density at radius 1 is 1.38 bits per heavy atom. The second kappa shape index (κ2) is 7.46. The summed E-state index contributed by atoms with van der Waals surface area (Å²) in [7, 11) is 0. The smallest absolute Gasteiger partial charge is 0.233 e. The first-order chi connectivity index (χ1) is 10.1. The molecule has 5 heteroatoms. The Kier molecular flexibility index (Phi) is 5.62. The van der Waals surface area contributed by atoms with Crippen LogP contribution in [0.15, 0.2) is 24.3 Å². The number of nitrogens with one attached hydrogen (secondary N) is 1. The molecule has 0 aliphatic carbocycles. The van der Waals surface area contributed by atoms with Gasteiger partial charge in [0, 0.05) is 23.3 Å². The molecule has 1 aromatic rings. The number of piperidine rings is 1. The maximum absolute atomic E-state index is 12.3. The van der Waals surface area contributed by atoms with E-state index in [1.54, 1.807) is 24.3 Å². The van der Waals surface area contributed by atoms with E-state index in [0.29, 0.717) is 10.7 Å². The molecule has 4 nitrogen and oxygen atoms in total. The third-order valence-electron chi connectivity index (χ3n) is 3.84. The quantitative estimate of drug-likeness (QED) is 0.866. The highest BCUT2D eigenvalue weighted by Crippen LogP contribution is 2.20. The van der Waals surface area contributed by atoms with Gasteiger partial charge in [0.1, 0.15) is 6.42 Å². The van der Waals surface area contributed by atoms with Crippen molar-refractivity contribution in [1.29, 1.82) is 0 Å². The number of likely N-dealkylation sites (tertiary alicyclic amines) is 1. The Balaban J connectivity index is 1.91. The van der Waals surface area contributed by atoms with Crippen LogP contribution in [0.5, 0.6) is 0 Å². The number of anilines is 1. The molecule has 0 aromatic heterocycles. The topological polar surface area (TPSA) is 49.4 Å². The maximum atomic E-state index is 12.3. The van der Waals surface area contributed by atoms with Gasteiger partial charge in [-0.25, -0.2) is 0 Å². The zero-order valence-corrected chi connectivity index (χ0v) is 13.0. The highest BCUT2D eigenvalue weighted by Gasteiger charge is 2.26. The van der Waals surface area contributed by atoms with Gasteiger partial charge >= 0.3 is 0 Å². The SMILES string of the molecule is CCC1CCCCN1C(=O)CC(=O)Nc1cccc(Cl)c1. The third-order valence-corrected chi connectivity index (χ3v) is 4.07. The van der Waals surface area contributed by atoms with E-state index in [9.17, 15) is 9.59 Å². The van der Waals surface area contributed by atoms with Crippen LogP contribution in [-0.4, -0.2) is 29.3 Å². The molecule has 1 aliphatic heterocycles. The highest BCUT2D eigenvalue weighted by atomic mass is 35.5. The van der Waals surface area contributed by atoms with E-state index in [0.717, 1.165) is 32.2 Å². The summed E-state index contributed by atoms with van der Waals surface area (Å²) in [6, 6.07) is 7.20. The molecule has 114 valence electrons. The molecule has 2 amide bonds. The number of amides is 2. The highest BCUT2D eigenvalue weighted by molar-refractivity contribution is 6.30. The normalized spacial score (nSPS) is 18.4. The molecule has 0 spiro atoms. The van der Waals surface area contributed by atoms with Crippen LogP contribution >= 0.6 is 11.6 Å². The molecule has 0 radical (unpaired) electrons. The molecule has 1 N–H and O–H groups in total. The predicted octanol–water partition coefficient (Wildman–Crippen LogP) is 3.46. The second-order valence-electron chi connectivity index (χ2n) is 5.38. The summed E-state index contributed by atoms with van der Waals surface area (Å²) < 4.78 is 0. The lowest BCUT2D eigenvalue weighted by atomic mass is 9.99. The lowest BCUT2D eigenvalue weighted by Crippen LogP contribution is -2.44. The van der Waals surface area contributed by atoms with Crippen molar-refractivity contribution in [3.8, 4) is 0 Å². The van der Waals surface area contributed by atoms with E-state index in [1.807, 2.05) is 4.90 Å². The third kappa shape index (κ3) is 4.46. The Hall–Kier alpha value is -1.55. The van der Waals surface area contributed by atoms with E-state index in [2.05, 4.69) is 12.2 Å². The minimum Gasteiger partial charge on any atom is -0.339 e. The molecule has 1 saturated heterocycles. The zero-order valence-electron chi connectivity index (χ0n) is 12.3. The van der Waals surface area contributed by atoms with Crippen molar-refractivity contribution in [2.75, 3.05) is 11.9 Å². The van der Waals surface area contributed by atoms with Crippen molar-refractivity contribution in [2.24, 2.45) is 0 Å². The molecular weight excluding hydrogens is 288 g/mol. The van der Waals surface area contributed by atoms with Crippen molar-refractivity contribution in [3.63, 3.8) is 0 Å². The number of carbonyl (C=O) groups is 2. The molecule has 1 atom stereocenters. The maximum Gasteiger partial charge on any atom is 0.233 e. The largest absolute Gasteiger partial charge is 0.339 e. The fourth-order valence-corrected chi connectivity index (χ4v) is 2.95. The molecular formula is C16H21ClN2O2. The number of benzene rings is 1. The molecule has 21 heavy (non-hydrogen) atoms. The number of hydrogen-bond acceptors (Lipinski definition) is 2. The van der Waals surface area contributed by atoms with E-state index >= 15 is 0 Å². The minimum absolute atomic E-state index is 0.0823. The fraction of sp³-hybridized carbons (Fsp3) is 0.500. The summed E-state index contributed by atoms with van der Waals surface area (Å²) in [5, 5.41) is 3.27. The number of hydrogen-bond donors (Lipinski definition) is 1. The number of rotatable bonds is 4. The summed E-state index contributed by atoms with van der Waals surface area (Å²) in [4.78, 5) is 26.1. The minimum atomic E-state index is -0.289. The van der Waals surface area contributed by atoms with E-state index < -0.39 is 0 Å². The molecule has 1 fully saturated rings. The van der Waals surface area contributed by atoms with Crippen molar-refractivity contribution < 1.29 is 9.59 Å². The molecule has 1 unspecified atom stereocenters. The molecule has 1 aromatic carbocycles. The van der Waals surface area contributed by atoms with Gasteiger partial charge in [-0.1, -0.05) is 24.6 Å². The van der Waals surface area contributed by atoms with Crippen LogP contribution in [-0.2, 0) is 9.59 Å². The van der Waals surface area contributed by atoms with Crippen molar-refractivity contribution in [2.45, 2.75) is 45.1 Å². The number of nitrogens with zero attached hydrogens (tertiary/aromatic N) is 1. The van der Waals surface area contributed by atoms with Crippen LogP contribution in [0, 0.1) is 0 Å². The van der Waals surface area contributed by atoms with E-state index in [-0.39, 0.29) is 24.3 Å². The summed E-state index contributed by atoms with van der Waals surface area (Å²) in [5.74, 6) is -0.372. The molecule has 0 saturated carbocycles. The summed E-state index contributed by atoms with van der Waals surface area (Å²) in [6.07, 6.45) is 4.07. The van der Waals surface area contributed by atoms with Gasteiger partial charge in [-0.2, -0.15) is 0 Å². The summed E-state index contributed by atoms with van der Waals surface area (Å²) in [6.45, 7) is 2.85. The summed E-state index contributed by atoms with van der Waals surface area (Å²) in [5.41, 5.74) is 0.617. The van der Waals surface area contributed by atoms with Crippen molar-refractivity contribution in [3.05, 3.63) is 29.3 Å². The van der Waals surface area contributed by atoms with Crippen LogP contribution in [0.2, 0.25) is 5.02 Å². The van der Waals surface area contributed by atoms with E-state index in [4.69, 9.17) is 11.6 Å². The van der Waals surface area contributed by atoms with Gasteiger partial charge in [0.05, 0.1) is 0 Å². The molecule has 0 bridgehead atoms.